The molecule has 0 aromatic carbocycles. The number of carbonyl (C=O) groups excluding carboxylic acids is 1. The van der Waals surface area contributed by atoms with E-state index in [1.54, 1.807) is 12.5 Å². The molecule has 0 aliphatic carbocycles. The molecule has 2 aliphatic heterocycles. The van der Waals surface area contributed by atoms with Gasteiger partial charge in [0.25, 0.3) is 0 Å². The van der Waals surface area contributed by atoms with Crippen molar-refractivity contribution in [2.45, 2.75) is 38.8 Å². The second-order valence-corrected chi connectivity index (χ2v) is 7.55. The normalized spacial score (nSPS) is 22.2. The zero-order valence-electron chi connectivity index (χ0n) is 15.0. The number of likely N-dealkylation sites (tertiary alicyclic amines) is 1. The predicted molar refractivity (Wildman–Crippen MR) is 93.7 cm³/mol. The first kappa shape index (κ1) is 16.4. The minimum absolute atomic E-state index is 0.128. The van der Waals surface area contributed by atoms with Crippen LogP contribution in [0.25, 0.3) is 0 Å². The third-order valence-corrected chi connectivity index (χ3v) is 5.59. The Balaban J connectivity index is 1.56. The lowest BCUT2D eigenvalue weighted by Crippen LogP contribution is -2.46. The molecule has 1 atom stereocenters. The van der Waals surface area contributed by atoms with E-state index in [0.717, 1.165) is 68.4 Å². The summed E-state index contributed by atoms with van der Waals surface area (Å²) in [4.78, 5) is 22.2. The topological polar surface area (TPSA) is 54.5 Å². The van der Waals surface area contributed by atoms with Crippen LogP contribution in [-0.4, -0.2) is 44.9 Å². The highest BCUT2D eigenvalue weighted by Crippen LogP contribution is 2.31. The maximum Gasteiger partial charge on any atom is 0.233 e. The number of amides is 1. The van der Waals surface area contributed by atoms with Crippen LogP contribution in [0.2, 0.25) is 0 Å². The van der Waals surface area contributed by atoms with E-state index in [4.69, 9.17) is 4.42 Å². The van der Waals surface area contributed by atoms with Gasteiger partial charge in [-0.2, -0.15) is 0 Å². The molecule has 25 heavy (non-hydrogen) atoms. The van der Waals surface area contributed by atoms with Gasteiger partial charge in [-0.05, 0) is 24.8 Å². The van der Waals surface area contributed by atoms with Gasteiger partial charge in [-0.3, -0.25) is 9.69 Å². The van der Waals surface area contributed by atoms with E-state index < -0.39 is 0 Å². The number of nitrogens with zero attached hydrogens (tertiary/aromatic N) is 4. The molecule has 1 amide bonds. The maximum absolute atomic E-state index is 13.3. The number of piperidine rings is 1. The summed E-state index contributed by atoms with van der Waals surface area (Å²) in [7, 11) is 2.00. The number of fused-ring (bicyclic) bond motifs is 1. The smallest absolute Gasteiger partial charge is 0.233 e. The summed E-state index contributed by atoms with van der Waals surface area (Å²) in [5.41, 5.74) is 3.26. The van der Waals surface area contributed by atoms with Gasteiger partial charge in [0.1, 0.15) is 0 Å². The highest BCUT2D eigenvalue weighted by atomic mass is 16.3. The van der Waals surface area contributed by atoms with Crippen molar-refractivity contribution in [3.8, 4) is 0 Å². The average Bonchev–Trinajstić information content (AvgIpc) is 3.25. The lowest BCUT2D eigenvalue weighted by atomic mass is 9.93. The molecule has 1 saturated heterocycles. The van der Waals surface area contributed by atoms with Crippen LogP contribution < -0.4 is 0 Å². The van der Waals surface area contributed by atoms with Crippen molar-refractivity contribution in [3.05, 3.63) is 41.9 Å². The number of imidazole rings is 1. The van der Waals surface area contributed by atoms with E-state index in [1.165, 1.54) is 0 Å². The largest absolute Gasteiger partial charge is 0.472 e. The molecule has 6 nitrogen and oxygen atoms in total. The maximum atomic E-state index is 13.3. The molecule has 1 fully saturated rings. The number of hydrogen-bond donors (Lipinski definition) is 0. The predicted octanol–water partition coefficient (Wildman–Crippen LogP) is 2.37. The number of aryl methyl sites for hydroxylation is 1. The Bertz CT molecular complexity index is 729. The van der Waals surface area contributed by atoms with Crippen molar-refractivity contribution in [3.63, 3.8) is 0 Å². The fourth-order valence-electron chi connectivity index (χ4n) is 4.08. The first-order chi connectivity index (χ1) is 12.1. The summed E-state index contributed by atoms with van der Waals surface area (Å²) in [5, 5.41) is 0. The van der Waals surface area contributed by atoms with Gasteiger partial charge >= 0.3 is 0 Å². The third kappa shape index (κ3) is 3.23. The molecular weight excluding hydrogens is 316 g/mol. The van der Waals surface area contributed by atoms with Crippen molar-refractivity contribution in [1.82, 2.24) is 19.4 Å². The summed E-state index contributed by atoms with van der Waals surface area (Å²) >= 11 is 0. The molecule has 2 aromatic rings. The Kier molecular flexibility index (Phi) is 4.37. The Morgan fingerprint density at radius 1 is 1.36 bits per heavy atom. The van der Waals surface area contributed by atoms with Gasteiger partial charge in [-0.1, -0.05) is 6.92 Å². The molecule has 0 radical (unpaired) electrons. The average molecular weight is 342 g/mol. The van der Waals surface area contributed by atoms with Crippen LogP contribution in [0.5, 0.6) is 0 Å². The van der Waals surface area contributed by atoms with E-state index in [9.17, 15) is 4.79 Å². The Morgan fingerprint density at radius 3 is 2.88 bits per heavy atom. The van der Waals surface area contributed by atoms with Gasteiger partial charge in [-0.15, -0.1) is 0 Å². The monoisotopic (exact) mass is 342 g/mol. The van der Waals surface area contributed by atoms with E-state index in [2.05, 4.69) is 21.7 Å². The van der Waals surface area contributed by atoms with Crippen molar-refractivity contribution in [1.29, 1.82) is 0 Å². The van der Waals surface area contributed by atoms with E-state index in [1.807, 2.05) is 24.0 Å². The molecular formula is C19H26N4O2. The second kappa shape index (κ2) is 6.67. The Labute approximate surface area is 148 Å². The number of hydrogen-bond acceptors (Lipinski definition) is 4. The summed E-state index contributed by atoms with van der Waals surface area (Å²) in [6.45, 7) is 6.34. The standard InChI is InChI=1S/C19H26N4O2/c1-14-3-6-23(7-4-14)19(24)16-10-22(9-15-5-8-25-12-15)11-17-18(16)21(2)13-20-17/h5,8,12-14,16H,3-4,6-7,9-11H2,1-2H3. The molecule has 0 N–H and O–H groups in total. The number of carbonyl (C=O) groups is 1. The molecule has 4 rings (SSSR count). The van der Waals surface area contributed by atoms with Gasteiger partial charge in [0.05, 0.1) is 36.2 Å². The van der Waals surface area contributed by atoms with Gasteiger partial charge in [-0.25, -0.2) is 4.98 Å². The number of furan rings is 1. The Morgan fingerprint density at radius 2 is 2.16 bits per heavy atom. The second-order valence-electron chi connectivity index (χ2n) is 7.55. The van der Waals surface area contributed by atoms with E-state index >= 15 is 0 Å². The van der Waals surface area contributed by atoms with Crippen molar-refractivity contribution < 1.29 is 9.21 Å². The van der Waals surface area contributed by atoms with Crippen molar-refractivity contribution in [2.24, 2.45) is 13.0 Å². The third-order valence-electron chi connectivity index (χ3n) is 5.59. The summed E-state index contributed by atoms with van der Waals surface area (Å²) in [6.07, 6.45) is 7.52. The molecule has 6 heteroatoms. The molecule has 134 valence electrons. The lowest BCUT2D eigenvalue weighted by Gasteiger charge is -2.37. The van der Waals surface area contributed by atoms with Crippen LogP contribution in [0.4, 0.5) is 0 Å². The lowest BCUT2D eigenvalue weighted by molar-refractivity contribution is -0.135. The summed E-state index contributed by atoms with van der Waals surface area (Å²) < 4.78 is 7.21. The molecule has 2 aliphatic rings. The Hall–Kier alpha value is -2.08. The summed E-state index contributed by atoms with van der Waals surface area (Å²) in [6, 6.07) is 1.98. The van der Waals surface area contributed by atoms with Crippen molar-refractivity contribution in [2.75, 3.05) is 19.6 Å². The number of aromatic nitrogens is 2. The van der Waals surface area contributed by atoms with E-state index in [-0.39, 0.29) is 11.8 Å². The highest BCUT2D eigenvalue weighted by Gasteiger charge is 2.36. The van der Waals surface area contributed by atoms with Crippen LogP contribution in [0.15, 0.2) is 29.3 Å². The molecule has 0 saturated carbocycles. The fraction of sp³-hybridized carbons (Fsp3) is 0.579. The van der Waals surface area contributed by atoms with Crippen LogP contribution in [0.1, 0.15) is 42.6 Å². The van der Waals surface area contributed by atoms with Gasteiger partial charge in [0.15, 0.2) is 0 Å². The molecule has 4 heterocycles. The zero-order chi connectivity index (χ0) is 17.4. The van der Waals surface area contributed by atoms with Gasteiger partial charge in [0.2, 0.25) is 5.91 Å². The molecule has 2 aromatic heterocycles. The molecule has 0 bridgehead atoms. The van der Waals surface area contributed by atoms with E-state index in [0.29, 0.717) is 0 Å². The molecule has 0 spiro atoms. The summed E-state index contributed by atoms with van der Waals surface area (Å²) in [5.74, 6) is 0.852. The van der Waals surface area contributed by atoms with Crippen molar-refractivity contribution >= 4 is 5.91 Å². The van der Waals surface area contributed by atoms with Crippen LogP contribution >= 0.6 is 0 Å². The van der Waals surface area contributed by atoms with Gasteiger partial charge < -0.3 is 13.9 Å². The first-order valence-electron chi connectivity index (χ1n) is 9.14. The minimum Gasteiger partial charge on any atom is -0.472 e. The first-order valence-corrected chi connectivity index (χ1v) is 9.14. The van der Waals surface area contributed by atoms with Crippen LogP contribution in [-0.2, 0) is 24.9 Å². The molecule has 1 unspecified atom stereocenters. The van der Waals surface area contributed by atoms with Crippen LogP contribution in [0.3, 0.4) is 0 Å². The minimum atomic E-state index is -0.128. The fourth-order valence-corrected chi connectivity index (χ4v) is 4.08. The van der Waals surface area contributed by atoms with Gasteiger partial charge in [0, 0.05) is 45.3 Å². The number of rotatable bonds is 3. The van der Waals surface area contributed by atoms with Crippen LogP contribution in [0, 0.1) is 5.92 Å². The zero-order valence-corrected chi connectivity index (χ0v) is 15.0. The SMILES string of the molecule is CC1CCN(C(=O)C2CN(Cc3ccoc3)Cc3ncn(C)c32)CC1. The highest BCUT2D eigenvalue weighted by molar-refractivity contribution is 5.84. The quantitative estimate of drug-likeness (QED) is 0.859.